The number of thioether (sulfide) groups is 1. The van der Waals surface area contributed by atoms with Crippen molar-refractivity contribution in [3.05, 3.63) is 41.4 Å². The predicted octanol–water partition coefficient (Wildman–Crippen LogP) is 3.53. The Morgan fingerprint density at radius 3 is 2.50 bits per heavy atom. The van der Waals surface area contributed by atoms with Crippen LogP contribution < -0.4 is 9.47 Å². The Hall–Kier alpha value is -2.55. The molecule has 0 amide bonds. The van der Waals surface area contributed by atoms with E-state index in [1.165, 1.54) is 0 Å². The van der Waals surface area contributed by atoms with Gasteiger partial charge in [-0.3, -0.25) is 0 Å². The Morgan fingerprint density at radius 1 is 1.00 bits per heavy atom. The molecule has 0 unspecified atom stereocenters. The second-order valence-electron chi connectivity index (χ2n) is 6.14. The van der Waals surface area contributed by atoms with E-state index < -0.39 is 0 Å². The summed E-state index contributed by atoms with van der Waals surface area (Å²) < 4.78 is 18.4. The molecule has 0 aliphatic carbocycles. The van der Waals surface area contributed by atoms with Gasteiger partial charge in [0.25, 0.3) is 0 Å². The fraction of sp³-hybridized carbons (Fsp3) is 0.474. The SMILES string of the molecule is CCCc1nnc(CSc2nnc(Cc3ccc(OC)c(OC)c3)n2CC)o1. The van der Waals surface area contributed by atoms with Gasteiger partial charge in [0.05, 0.1) is 20.0 Å². The first-order valence-electron chi connectivity index (χ1n) is 9.25. The minimum Gasteiger partial charge on any atom is -0.493 e. The monoisotopic (exact) mass is 403 g/mol. The molecule has 0 saturated heterocycles. The Bertz CT molecular complexity index is 909. The molecule has 2 heterocycles. The van der Waals surface area contributed by atoms with Crippen LogP contribution in [0.15, 0.2) is 27.8 Å². The largest absolute Gasteiger partial charge is 0.493 e. The molecule has 0 bridgehead atoms. The Labute approximate surface area is 168 Å². The van der Waals surface area contributed by atoms with Gasteiger partial charge >= 0.3 is 0 Å². The maximum Gasteiger partial charge on any atom is 0.226 e. The minimum atomic E-state index is 0.575. The van der Waals surface area contributed by atoms with E-state index in [0.29, 0.717) is 35.5 Å². The second kappa shape index (κ2) is 9.59. The fourth-order valence-electron chi connectivity index (χ4n) is 2.84. The molecular formula is C19H25N5O3S. The third kappa shape index (κ3) is 4.64. The first kappa shape index (κ1) is 20.2. The number of aryl methyl sites for hydroxylation is 1. The number of hydrogen-bond donors (Lipinski definition) is 0. The third-order valence-corrected chi connectivity index (χ3v) is 5.17. The predicted molar refractivity (Wildman–Crippen MR) is 106 cm³/mol. The molecule has 1 aromatic carbocycles. The number of aromatic nitrogens is 5. The van der Waals surface area contributed by atoms with Crippen molar-refractivity contribution in [2.45, 2.75) is 50.6 Å². The Kier molecular flexibility index (Phi) is 6.91. The highest BCUT2D eigenvalue weighted by molar-refractivity contribution is 7.98. The lowest BCUT2D eigenvalue weighted by molar-refractivity contribution is 0.354. The summed E-state index contributed by atoms with van der Waals surface area (Å²) >= 11 is 1.55. The summed E-state index contributed by atoms with van der Waals surface area (Å²) in [6, 6.07) is 5.88. The molecule has 0 saturated carbocycles. The van der Waals surface area contributed by atoms with Crippen LogP contribution in [0, 0.1) is 0 Å². The molecule has 3 aromatic rings. The van der Waals surface area contributed by atoms with Crippen LogP contribution in [0.25, 0.3) is 0 Å². The van der Waals surface area contributed by atoms with Gasteiger partial charge in [-0.25, -0.2) is 0 Å². The zero-order valence-corrected chi connectivity index (χ0v) is 17.5. The number of ether oxygens (including phenoxy) is 2. The molecule has 0 spiro atoms. The smallest absolute Gasteiger partial charge is 0.226 e. The lowest BCUT2D eigenvalue weighted by atomic mass is 10.1. The average Bonchev–Trinajstić information content (AvgIpc) is 3.32. The van der Waals surface area contributed by atoms with Crippen molar-refractivity contribution in [2.24, 2.45) is 0 Å². The highest BCUT2D eigenvalue weighted by Gasteiger charge is 2.15. The van der Waals surface area contributed by atoms with E-state index in [2.05, 4.69) is 38.8 Å². The summed E-state index contributed by atoms with van der Waals surface area (Å²) in [5.41, 5.74) is 1.08. The molecule has 0 N–H and O–H groups in total. The van der Waals surface area contributed by atoms with E-state index in [-0.39, 0.29) is 0 Å². The normalized spacial score (nSPS) is 11.0. The standard InChI is InChI=1S/C19H25N5O3S/c1-5-7-17-21-22-18(27-17)12-28-19-23-20-16(24(19)6-2)11-13-8-9-14(25-3)15(10-13)26-4/h8-10H,5-7,11-12H2,1-4H3. The van der Waals surface area contributed by atoms with Gasteiger partial charge in [-0.05, 0) is 31.0 Å². The first-order valence-corrected chi connectivity index (χ1v) is 10.2. The minimum absolute atomic E-state index is 0.575. The first-order chi connectivity index (χ1) is 13.7. The lowest BCUT2D eigenvalue weighted by Gasteiger charge is -2.10. The van der Waals surface area contributed by atoms with Gasteiger partial charge < -0.3 is 18.5 Å². The number of hydrogen-bond acceptors (Lipinski definition) is 8. The van der Waals surface area contributed by atoms with Gasteiger partial charge in [-0.2, -0.15) is 0 Å². The van der Waals surface area contributed by atoms with Crippen LogP contribution in [-0.2, 0) is 25.1 Å². The topological polar surface area (TPSA) is 88.1 Å². The summed E-state index contributed by atoms with van der Waals surface area (Å²) in [5, 5.41) is 17.7. The van der Waals surface area contributed by atoms with Crippen LogP contribution in [0.5, 0.6) is 11.5 Å². The molecule has 0 atom stereocenters. The summed E-state index contributed by atoms with van der Waals surface area (Å²) in [4.78, 5) is 0. The summed E-state index contributed by atoms with van der Waals surface area (Å²) in [6.07, 6.45) is 2.44. The van der Waals surface area contributed by atoms with Gasteiger partial charge in [0.15, 0.2) is 16.7 Å². The molecule has 0 aliphatic rings. The number of benzene rings is 1. The van der Waals surface area contributed by atoms with Gasteiger partial charge in [0.1, 0.15) is 5.82 Å². The molecule has 3 rings (SSSR count). The van der Waals surface area contributed by atoms with Gasteiger partial charge in [-0.15, -0.1) is 20.4 Å². The Morgan fingerprint density at radius 2 is 1.79 bits per heavy atom. The van der Waals surface area contributed by atoms with Crippen molar-refractivity contribution >= 4 is 11.8 Å². The second-order valence-corrected chi connectivity index (χ2v) is 7.08. The highest BCUT2D eigenvalue weighted by atomic mass is 32.2. The van der Waals surface area contributed by atoms with Gasteiger partial charge in [-0.1, -0.05) is 24.8 Å². The third-order valence-electron chi connectivity index (χ3n) is 4.22. The van der Waals surface area contributed by atoms with E-state index >= 15 is 0 Å². The summed E-state index contributed by atoms with van der Waals surface area (Å²) in [5.74, 6) is 4.18. The van der Waals surface area contributed by atoms with Gasteiger partial charge in [0, 0.05) is 19.4 Å². The van der Waals surface area contributed by atoms with Crippen LogP contribution in [0.4, 0.5) is 0 Å². The van der Waals surface area contributed by atoms with Crippen LogP contribution in [-0.4, -0.2) is 39.2 Å². The average molecular weight is 404 g/mol. The molecule has 9 heteroatoms. The number of methoxy groups -OCH3 is 2. The van der Waals surface area contributed by atoms with E-state index in [9.17, 15) is 0 Å². The van der Waals surface area contributed by atoms with E-state index in [4.69, 9.17) is 13.9 Å². The van der Waals surface area contributed by atoms with Crippen LogP contribution >= 0.6 is 11.8 Å². The Balaban J connectivity index is 1.71. The zero-order chi connectivity index (χ0) is 19.9. The molecule has 150 valence electrons. The fourth-order valence-corrected chi connectivity index (χ4v) is 3.69. The highest BCUT2D eigenvalue weighted by Crippen LogP contribution is 2.29. The summed E-state index contributed by atoms with van der Waals surface area (Å²) in [6.45, 7) is 4.95. The van der Waals surface area contributed by atoms with Crippen LogP contribution in [0.1, 0.15) is 43.4 Å². The zero-order valence-electron chi connectivity index (χ0n) is 16.6. The van der Waals surface area contributed by atoms with E-state index in [0.717, 1.165) is 35.9 Å². The maximum absolute atomic E-state index is 5.64. The lowest BCUT2D eigenvalue weighted by Crippen LogP contribution is -2.04. The maximum atomic E-state index is 5.64. The van der Waals surface area contributed by atoms with E-state index in [1.54, 1.807) is 26.0 Å². The molecule has 8 nitrogen and oxygen atoms in total. The number of nitrogens with zero attached hydrogens (tertiary/aromatic N) is 5. The van der Waals surface area contributed by atoms with Gasteiger partial charge in [0.2, 0.25) is 11.8 Å². The van der Waals surface area contributed by atoms with Crippen molar-refractivity contribution in [1.29, 1.82) is 0 Å². The van der Waals surface area contributed by atoms with Crippen molar-refractivity contribution < 1.29 is 13.9 Å². The van der Waals surface area contributed by atoms with Crippen molar-refractivity contribution in [2.75, 3.05) is 14.2 Å². The van der Waals surface area contributed by atoms with Crippen molar-refractivity contribution in [3.63, 3.8) is 0 Å². The van der Waals surface area contributed by atoms with Crippen molar-refractivity contribution in [1.82, 2.24) is 25.0 Å². The van der Waals surface area contributed by atoms with Crippen LogP contribution in [0.3, 0.4) is 0 Å². The molecule has 28 heavy (non-hydrogen) atoms. The number of rotatable bonds is 10. The molecule has 0 aliphatic heterocycles. The van der Waals surface area contributed by atoms with E-state index in [1.807, 2.05) is 18.2 Å². The van der Waals surface area contributed by atoms with Crippen molar-refractivity contribution in [3.8, 4) is 11.5 Å². The quantitative estimate of drug-likeness (QED) is 0.475. The molecular weight excluding hydrogens is 378 g/mol. The molecule has 2 aromatic heterocycles. The molecule has 0 fully saturated rings. The summed E-state index contributed by atoms with van der Waals surface area (Å²) in [7, 11) is 3.26. The van der Waals surface area contributed by atoms with Crippen LogP contribution in [0.2, 0.25) is 0 Å². The molecule has 0 radical (unpaired) electrons.